The van der Waals surface area contributed by atoms with E-state index < -0.39 is 11.8 Å². The summed E-state index contributed by atoms with van der Waals surface area (Å²) in [6.45, 7) is 0. The third-order valence-corrected chi connectivity index (χ3v) is 3.65. The largest absolute Gasteiger partial charge is 0.478 e. The highest BCUT2D eigenvalue weighted by atomic mass is 19.1. The average molecular weight is 312 g/mol. The third kappa shape index (κ3) is 2.55. The molecule has 0 spiro atoms. The van der Waals surface area contributed by atoms with Gasteiger partial charge < -0.3 is 15.4 Å². The van der Waals surface area contributed by atoms with E-state index in [1.165, 1.54) is 19.2 Å². The lowest BCUT2D eigenvalue weighted by atomic mass is 10.00. The van der Waals surface area contributed by atoms with Crippen LogP contribution in [0.3, 0.4) is 0 Å². The second-order valence-corrected chi connectivity index (χ2v) is 5.03. The van der Waals surface area contributed by atoms with Crippen molar-refractivity contribution in [2.24, 2.45) is 0 Å². The number of carbonyl (C=O) groups excluding carboxylic acids is 1. The molecule has 0 atom stereocenters. The smallest absolute Gasteiger partial charge is 0.338 e. The van der Waals surface area contributed by atoms with Gasteiger partial charge in [0.2, 0.25) is 0 Å². The second kappa shape index (κ2) is 5.57. The molecule has 1 aromatic heterocycles. The molecule has 5 nitrogen and oxygen atoms in total. The van der Waals surface area contributed by atoms with Gasteiger partial charge in [-0.25, -0.2) is 9.18 Å². The molecule has 3 aromatic rings. The van der Waals surface area contributed by atoms with Crippen LogP contribution in [0.25, 0.3) is 22.0 Å². The van der Waals surface area contributed by atoms with E-state index in [4.69, 9.17) is 5.11 Å². The van der Waals surface area contributed by atoms with Crippen molar-refractivity contribution in [3.8, 4) is 11.1 Å². The topological polar surface area (TPSA) is 82.2 Å². The van der Waals surface area contributed by atoms with Crippen LogP contribution in [-0.4, -0.2) is 29.0 Å². The zero-order chi connectivity index (χ0) is 16.6. The molecule has 2 aromatic carbocycles. The van der Waals surface area contributed by atoms with E-state index in [1.807, 2.05) is 6.07 Å². The number of hydrogen-bond donors (Lipinski definition) is 3. The number of aromatic carboxylic acids is 1. The van der Waals surface area contributed by atoms with E-state index in [2.05, 4.69) is 10.3 Å². The Labute approximate surface area is 130 Å². The molecular weight excluding hydrogens is 299 g/mol. The predicted molar refractivity (Wildman–Crippen MR) is 84.0 cm³/mol. The number of fused-ring (bicyclic) bond motifs is 1. The van der Waals surface area contributed by atoms with Crippen LogP contribution in [0.1, 0.15) is 20.8 Å². The molecule has 0 fully saturated rings. The quantitative estimate of drug-likeness (QED) is 0.695. The van der Waals surface area contributed by atoms with Crippen LogP contribution in [0, 0.1) is 5.82 Å². The number of aromatic nitrogens is 1. The molecule has 1 heterocycles. The van der Waals surface area contributed by atoms with E-state index in [9.17, 15) is 14.0 Å². The molecule has 0 aliphatic rings. The van der Waals surface area contributed by atoms with Crippen molar-refractivity contribution in [2.75, 3.05) is 7.05 Å². The molecule has 0 unspecified atom stereocenters. The minimum Gasteiger partial charge on any atom is -0.478 e. The Balaban J connectivity index is 2.16. The number of hydrogen-bond acceptors (Lipinski definition) is 2. The highest BCUT2D eigenvalue weighted by molar-refractivity contribution is 6.03. The van der Waals surface area contributed by atoms with Gasteiger partial charge in [-0.3, -0.25) is 4.79 Å². The summed E-state index contributed by atoms with van der Waals surface area (Å²) in [6.07, 6.45) is 0. The number of carboxylic acid groups (broad SMARTS) is 1. The van der Waals surface area contributed by atoms with E-state index in [-0.39, 0.29) is 11.5 Å². The third-order valence-electron chi connectivity index (χ3n) is 3.65. The van der Waals surface area contributed by atoms with Gasteiger partial charge in [-0.2, -0.15) is 0 Å². The van der Waals surface area contributed by atoms with Crippen LogP contribution < -0.4 is 5.32 Å². The highest BCUT2D eigenvalue weighted by Gasteiger charge is 2.14. The minimum atomic E-state index is -1.31. The van der Waals surface area contributed by atoms with Crippen LogP contribution in [0.5, 0.6) is 0 Å². The predicted octanol–water partition coefficient (Wildman–Crippen LogP) is 3.03. The van der Waals surface area contributed by atoms with Crippen molar-refractivity contribution in [1.82, 2.24) is 10.3 Å². The molecule has 1 amide bonds. The SMILES string of the molecule is CNC(=O)c1cc2c(-c3ccc(C(=O)O)c(F)c3)cccc2[nH]1. The number of rotatable bonds is 3. The van der Waals surface area contributed by atoms with Gasteiger partial charge in [-0.15, -0.1) is 0 Å². The summed E-state index contributed by atoms with van der Waals surface area (Å²) in [5, 5.41) is 12.2. The van der Waals surface area contributed by atoms with Gasteiger partial charge in [0, 0.05) is 18.0 Å². The molecule has 23 heavy (non-hydrogen) atoms. The first-order valence-corrected chi connectivity index (χ1v) is 6.88. The van der Waals surface area contributed by atoms with Gasteiger partial charge in [0.15, 0.2) is 0 Å². The number of nitrogens with one attached hydrogen (secondary N) is 2. The summed E-state index contributed by atoms with van der Waals surface area (Å²) < 4.78 is 13.9. The van der Waals surface area contributed by atoms with Gasteiger partial charge in [-0.05, 0) is 35.4 Å². The Kier molecular flexibility index (Phi) is 3.57. The van der Waals surface area contributed by atoms with E-state index in [0.717, 1.165) is 10.9 Å². The van der Waals surface area contributed by atoms with Crippen LogP contribution >= 0.6 is 0 Å². The number of H-pyrrole nitrogens is 1. The Morgan fingerprint density at radius 3 is 2.61 bits per heavy atom. The molecule has 0 aliphatic heterocycles. The molecule has 0 radical (unpaired) electrons. The normalized spacial score (nSPS) is 10.7. The Bertz CT molecular complexity index is 931. The summed E-state index contributed by atoms with van der Waals surface area (Å²) >= 11 is 0. The minimum absolute atomic E-state index is 0.250. The average Bonchev–Trinajstić information content (AvgIpc) is 2.97. The molecule has 116 valence electrons. The summed E-state index contributed by atoms with van der Waals surface area (Å²) in [4.78, 5) is 25.6. The molecule has 3 rings (SSSR count). The molecule has 0 saturated heterocycles. The van der Waals surface area contributed by atoms with Crippen LogP contribution in [0.15, 0.2) is 42.5 Å². The van der Waals surface area contributed by atoms with Crippen molar-refractivity contribution in [2.45, 2.75) is 0 Å². The summed E-state index contributed by atoms with van der Waals surface area (Å²) in [7, 11) is 1.54. The zero-order valence-electron chi connectivity index (χ0n) is 12.2. The zero-order valence-corrected chi connectivity index (χ0v) is 12.2. The Hall–Kier alpha value is -3.15. The van der Waals surface area contributed by atoms with Gasteiger partial charge in [-0.1, -0.05) is 18.2 Å². The molecule has 0 aliphatic carbocycles. The van der Waals surface area contributed by atoms with Gasteiger partial charge in [0.25, 0.3) is 5.91 Å². The van der Waals surface area contributed by atoms with Gasteiger partial charge in [0.1, 0.15) is 11.5 Å². The lowest BCUT2D eigenvalue weighted by Crippen LogP contribution is -2.17. The molecular formula is C17H13FN2O3. The van der Waals surface area contributed by atoms with E-state index >= 15 is 0 Å². The summed E-state index contributed by atoms with van der Waals surface area (Å²) in [5.41, 5.74) is 2.02. The molecule has 0 bridgehead atoms. The maximum absolute atomic E-state index is 13.9. The molecule has 0 saturated carbocycles. The number of carbonyl (C=O) groups is 2. The van der Waals surface area contributed by atoms with Crippen LogP contribution in [0.2, 0.25) is 0 Å². The lowest BCUT2D eigenvalue weighted by Gasteiger charge is -2.05. The second-order valence-electron chi connectivity index (χ2n) is 5.03. The Morgan fingerprint density at radius 1 is 1.17 bits per heavy atom. The number of carboxylic acids is 1. The van der Waals surface area contributed by atoms with Crippen molar-refractivity contribution in [3.63, 3.8) is 0 Å². The van der Waals surface area contributed by atoms with Crippen molar-refractivity contribution in [3.05, 3.63) is 59.5 Å². The van der Waals surface area contributed by atoms with Crippen LogP contribution in [-0.2, 0) is 0 Å². The number of amides is 1. The van der Waals surface area contributed by atoms with Crippen molar-refractivity contribution < 1.29 is 19.1 Å². The number of benzene rings is 2. The highest BCUT2D eigenvalue weighted by Crippen LogP contribution is 2.30. The molecule has 3 N–H and O–H groups in total. The first-order chi connectivity index (χ1) is 11.0. The summed E-state index contributed by atoms with van der Waals surface area (Å²) in [6, 6.07) is 11.0. The van der Waals surface area contributed by atoms with Crippen LogP contribution in [0.4, 0.5) is 4.39 Å². The fourth-order valence-corrected chi connectivity index (χ4v) is 2.52. The fourth-order valence-electron chi connectivity index (χ4n) is 2.52. The van der Waals surface area contributed by atoms with Gasteiger partial charge >= 0.3 is 5.97 Å². The first kappa shape index (κ1) is 14.8. The monoisotopic (exact) mass is 312 g/mol. The maximum atomic E-state index is 13.9. The fraction of sp³-hybridized carbons (Fsp3) is 0.0588. The van der Waals surface area contributed by atoms with E-state index in [1.54, 1.807) is 24.3 Å². The standard InChI is InChI=1S/C17H13FN2O3/c1-19-16(21)15-8-12-10(3-2-4-14(12)20-15)9-5-6-11(17(22)23)13(18)7-9/h2-8,20H,1H3,(H,19,21)(H,22,23). The maximum Gasteiger partial charge on any atom is 0.338 e. The summed E-state index contributed by atoms with van der Waals surface area (Å²) in [5.74, 6) is -2.36. The van der Waals surface area contributed by atoms with E-state index in [0.29, 0.717) is 16.8 Å². The number of aromatic amines is 1. The van der Waals surface area contributed by atoms with Crippen molar-refractivity contribution >= 4 is 22.8 Å². The Morgan fingerprint density at radius 2 is 1.96 bits per heavy atom. The lowest BCUT2D eigenvalue weighted by molar-refractivity contribution is 0.0691. The first-order valence-electron chi connectivity index (χ1n) is 6.88. The van der Waals surface area contributed by atoms with Crippen molar-refractivity contribution in [1.29, 1.82) is 0 Å². The van der Waals surface area contributed by atoms with Gasteiger partial charge in [0.05, 0.1) is 5.56 Å². The molecule has 6 heteroatoms. The number of halogens is 1.